The Hall–Kier alpha value is -0.860. The molecule has 0 bridgehead atoms. The number of nitrogens with one attached hydrogen (secondary N) is 1. The minimum atomic E-state index is 0.671. The van der Waals surface area contributed by atoms with Gasteiger partial charge in [0.2, 0.25) is 0 Å². The molecule has 2 heteroatoms. The molecular weight excluding hydrogens is 232 g/mol. The quantitative estimate of drug-likeness (QED) is 0.895. The van der Waals surface area contributed by atoms with Gasteiger partial charge in [-0.3, -0.25) is 4.90 Å². The predicted molar refractivity (Wildman–Crippen MR) is 82.7 cm³/mol. The summed E-state index contributed by atoms with van der Waals surface area (Å²) in [5.41, 5.74) is 4.30. The summed E-state index contributed by atoms with van der Waals surface area (Å²) in [6.45, 7) is 13.8. The zero-order valence-corrected chi connectivity index (χ0v) is 12.9. The summed E-state index contributed by atoms with van der Waals surface area (Å²) in [6.07, 6.45) is 1.18. The molecule has 0 amide bonds. The Kier molecular flexibility index (Phi) is 5.00. The van der Waals surface area contributed by atoms with Crippen LogP contribution < -0.4 is 5.32 Å². The van der Waals surface area contributed by atoms with Gasteiger partial charge in [-0.05, 0) is 42.9 Å². The average Bonchev–Trinajstić information content (AvgIpc) is 2.40. The van der Waals surface area contributed by atoms with Gasteiger partial charge in [-0.15, -0.1) is 0 Å². The van der Waals surface area contributed by atoms with Crippen molar-refractivity contribution < 1.29 is 0 Å². The van der Waals surface area contributed by atoms with E-state index in [1.54, 1.807) is 0 Å². The summed E-state index contributed by atoms with van der Waals surface area (Å²) in [4.78, 5) is 2.66. The van der Waals surface area contributed by atoms with E-state index in [-0.39, 0.29) is 0 Å². The molecule has 1 aliphatic heterocycles. The number of piperazine rings is 1. The molecule has 1 unspecified atom stereocenters. The molecule has 1 atom stereocenters. The fourth-order valence-corrected chi connectivity index (χ4v) is 2.97. The highest BCUT2D eigenvalue weighted by Gasteiger charge is 2.23. The Labute approximate surface area is 118 Å². The highest BCUT2D eigenvalue weighted by Crippen LogP contribution is 2.19. The monoisotopic (exact) mass is 260 g/mol. The smallest absolute Gasteiger partial charge is 0.0160 e. The van der Waals surface area contributed by atoms with Crippen LogP contribution >= 0.6 is 0 Å². The molecule has 1 aromatic rings. The van der Waals surface area contributed by atoms with Gasteiger partial charge in [0, 0.05) is 32.2 Å². The number of hydrogen-bond acceptors (Lipinski definition) is 2. The van der Waals surface area contributed by atoms with E-state index < -0.39 is 0 Å². The van der Waals surface area contributed by atoms with Crippen molar-refractivity contribution in [2.45, 2.75) is 40.2 Å². The van der Waals surface area contributed by atoms with Crippen molar-refractivity contribution in [3.8, 4) is 0 Å². The second kappa shape index (κ2) is 6.53. The molecule has 0 spiro atoms. The Morgan fingerprint density at radius 1 is 1.11 bits per heavy atom. The molecule has 1 N–H and O–H groups in total. The number of hydrogen-bond donors (Lipinski definition) is 1. The topological polar surface area (TPSA) is 15.3 Å². The lowest BCUT2D eigenvalue weighted by Crippen LogP contribution is -2.50. The second-order valence-corrected chi connectivity index (χ2v) is 6.22. The molecule has 0 aromatic heterocycles. The van der Waals surface area contributed by atoms with E-state index in [4.69, 9.17) is 0 Å². The van der Waals surface area contributed by atoms with E-state index >= 15 is 0 Å². The molecule has 0 radical (unpaired) electrons. The van der Waals surface area contributed by atoms with Crippen LogP contribution in [0.2, 0.25) is 0 Å². The molecule has 1 aromatic carbocycles. The molecular formula is C17H28N2. The van der Waals surface area contributed by atoms with Gasteiger partial charge in [0.15, 0.2) is 0 Å². The van der Waals surface area contributed by atoms with Crippen LogP contribution in [-0.2, 0) is 6.42 Å². The molecule has 19 heavy (non-hydrogen) atoms. The Morgan fingerprint density at radius 3 is 2.37 bits per heavy atom. The van der Waals surface area contributed by atoms with Crippen LogP contribution in [0, 0.1) is 19.8 Å². The van der Waals surface area contributed by atoms with Crippen molar-refractivity contribution in [1.82, 2.24) is 10.2 Å². The minimum absolute atomic E-state index is 0.671. The number of nitrogens with zero attached hydrogens (tertiary/aromatic N) is 1. The van der Waals surface area contributed by atoms with Crippen molar-refractivity contribution in [2.24, 2.45) is 5.92 Å². The van der Waals surface area contributed by atoms with Gasteiger partial charge in [0.25, 0.3) is 0 Å². The first-order valence-corrected chi connectivity index (χ1v) is 7.59. The fraction of sp³-hybridized carbons (Fsp3) is 0.647. The Bertz CT molecular complexity index is 406. The lowest BCUT2D eigenvalue weighted by molar-refractivity contribution is 0.136. The molecule has 2 rings (SSSR count). The summed E-state index contributed by atoms with van der Waals surface area (Å²) >= 11 is 0. The zero-order valence-electron chi connectivity index (χ0n) is 12.9. The van der Waals surface area contributed by atoms with Gasteiger partial charge in [0.1, 0.15) is 0 Å². The Morgan fingerprint density at radius 2 is 1.79 bits per heavy atom. The Balaban J connectivity index is 2.09. The number of benzene rings is 1. The molecule has 106 valence electrons. The first-order valence-electron chi connectivity index (χ1n) is 7.59. The fourth-order valence-electron chi connectivity index (χ4n) is 2.97. The van der Waals surface area contributed by atoms with Crippen LogP contribution in [-0.4, -0.2) is 37.1 Å². The van der Waals surface area contributed by atoms with Gasteiger partial charge < -0.3 is 5.32 Å². The van der Waals surface area contributed by atoms with E-state index in [9.17, 15) is 0 Å². The third-order valence-corrected chi connectivity index (χ3v) is 4.41. The van der Waals surface area contributed by atoms with Crippen LogP contribution in [0.25, 0.3) is 0 Å². The lowest BCUT2D eigenvalue weighted by Gasteiger charge is -2.37. The molecule has 1 fully saturated rings. The van der Waals surface area contributed by atoms with Crippen LogP contribution in [0.1, 0.15) is 30.5 Å². The maximum Gasteiger partial charge on any atom is 0.0160 e. The standard InChI is InChI=1S/C17H28N2/c1-13(2)17(19-9-7-18-8-10-19)12-16-6-5-14(3)15(4)11-16/h5-6,11,13,17-18H,7-10,12H2,1-4H3. The second-order valence-electron chi connectivity index (χ2n) is 6.22. The van der Waals surface area contributed by atoms with Crippen molar-refractivity contribution in [2.75, 3.05) is 26.2 Å². The summed E-state index contributed by atoms with van der Waals surface area (Å²) in [5.74, 6) is 0.708. The molecule has 0 aliphatic carbocycles. The van der Waals surface area contributed by atoms with E-state index in [0.717, 1.165) is 13.1 Å². The summed E-state index contributed by atoms with van der Waals surface area (Å²) in [6, 6.07) is 7.61. The number of rotatable bonds is 4. The highest BCUT2D eigenvalue weighted by atomic mass is 15.2. The van der Waals surface area contributed by atoms with Gasteiger partial charge in [-0.2, -0.15) is 0 Å². The minimum Gasteiger partial charge on any atom is -0.314 e. The van der Waals surface area contributed by atoms with Crippen molar-refractivity contribution in [3.63, 3.8) is 0 Å². The van der Waals surface area contributed by atoms with Crippen molar-refractivity contribution in [3.05, 3.63) is 34.9 Å². The largest absolute Gasteiger partial charge is 0.314 e. The maximum absolute atomic E-state index is 3.45. The van der Waals surface area contributed by atoms with Crippen LogP contribution in [0.4, 0.5) is 0 Å². The van der Waals surface area contributed by atoms with Gasteiger partial charge in [0.05, 0.1) is 0 Å². The van der Waals surface area contributed by atoms with E-state index in [1.165, 1.54) is 36.2 Å². The third-order valence-electron chi connectivity index (χ3n) is 4.41. The van der Waals surface area contributed by atoms with Gasteiger partial charge >= 0.3 is 0 Å². The average molecular weight is 260 g/mol. The first-order chi connectivity index (χ1) is 9.08. The zero-order chi connectivity index (χ0) is 13.8. The van der Waals surface area contributed by atoms with Crippen molar-refractivity contribution in [1.29, 1.82) is 0 Å². The SMILES string of the molecule is Cc1ccc(CC(C(C)C)N2CCNCC2)cc1C. The molecule has 1 aliphatic rings. The van der Waals surface area contributed by atoms with E-state index in [1.807, 2.05) is 0 Å². The lowest BCUT2D eigenvalue weighted by atomic mass is 9.93. The van der Waals surface area contributed by atoms with E-state index in [2.05, 4.69) is 56.1 Å². The summed E-state index contributed by atoms with van der Waals surface area (Å²) in [7, 11) is 0. The normalized spacial score (nSPS) is 18.8. The number of aryl methyl sites for hydroxylation is 2. The van der Waals surface area contributed by atoms with Gasteiger partial charge in [-0.1, -0.05) is 32.0 Å². The molecule has 1 heterocycles. The predicted octanol–water partition coefficient (Wildman–Crippen LogP) is 2.78. The van der Waals surface area contributed by atoms with Crippen LogP contribution in [0.15, 0.2) is 18.2 Å². The van der Waals surface area contributed by atoms with Crippen molar-refractivity contribution >= 4 is 0 Å². The van der Waals surface area contributed by atoms with Gasteiger partial charge in [-0.25, -0.2) is 0 Å². The summed E-state index contributed by atoms with van der Waals surface area (Å²) in [5, 5.41) is 3.45. The highest BCUT2D eigenvalue weighted by molar-refractivity contribution is 5.30. The first kappa shape index (κ1) is 14.5. The van der Waals surface area contributed by atoms with Crippen LogP contribution in [0.5, 0.6) is 0 Å². The molecule has 2 nitrogen and oxygen atoms in total. The van der Waals surface area contributed by atoms with Crippen LogP contribution in [0.3, 0.4) is 0 Å². The van der Waals surface area contributed by atoms with E-state index in [0.29, 0.717) is 12.0 Å². The maximum atomic E-state index is 3.45. The molecule has 1 saturated heterocycles. The third kappa shape index (κ3) is 3.80. The summed E-state index contributed by atoms with van der Waals surface area (Å²) < 4.78 is 0. The molecule has 0 saturated carbocycles.